The molecule has 5 rings (SSSR count). The number of aromatic nitrogens is 1. The zero-order chi connectivity index (χ0) is 22.1. The summed E-state index contributed by atoms with van der Waals surface area (Å²) in [6, 6.07) is 28.9. The van der Waals surface area contributed by atoms with Crippen LogP contribution in [0.5, 0.6) is 11.5 Å². The van der Waals surface area contributed by atoms with Gasteiger partial charge in [0.2, 0.25) is 0 Å². The first-order chi connectivity index (χ1) is 15.6. The highest BCUT2D eigenvalue weighted by molar-refractivity contribution is 6.06. The molecule has 0 saturated carbocycles. The molecule has 0 fully saturated rings. The van der Waals surface area contributed by atoms with Crippen LogP contribution in [0.3, 0.4) is 0 Å². The Morgan fingerprint density at radius 3 is 2.41 bits per heavy atom. The van der Waals surface area contributed by atoms with Crippen molar-refractivity contribution in [3.63, 3.8) is 0 Å². The van der Waals surface area contributed by atoms with Crippen LogP contribution in [-0.4, -0.2) is 18.1 Å². The summed E-state index contributed by atoms with van der Waals surface area (Å²) in [6.07, 6.45) is 0. The molecule has 4 heteroatoms. The smallest absolute Gasteiger partial charge is 0.344 e. The number of hydrogen-bond acceptors (Lipinski definition) is 4. The Morgan fingerprint density at radius 2 is 1.59 bits per heavy atom. The minimum atomic E-state index is -0.408. The Balaban J connectivity index is 1.62. The van der Waals surface area contributed by atoms with Crippen molar-refractivity contribution in [2.45, 2.75) is 6.92 Å². The van der Waals surface area contributed by atoms with Gasteiger partial charge in [0.15, 0.2) is 0 Å². The number of methoxy groups -OCH3 is 1. The zero-order valence-corrected chi connectivity index (χ0v) is 17.8. The second kappa shape index (κ2) is 8.16. The molecule has 0 saturated heterocycles. The van der Waals surface area contributed by atoms with Gasteiger partial charge in [-0.15, -0.1) is 0 Å². The molecule has 32 heavy (non-hydrogen) atoms. The Kier molecular flexibility index (Phi) is 5.04. The Hall–Kier alpha value is -4.18. The Morgan fingerprint density at radius 1 is 0.812 bits per heavy atom. The molecule has 0 atom stereocenters. The minimum absolute atomic E-state index is 0.408. The molecule has 5 aromatic rings. The third kappa shape index (κ3) is 3.67. The van der Waals surface area contributed by atoms with Gasteiger partial charge in [-0.25, -0.2) is 9.78 Å². The van der Waals surface area contributed by atoms with Gasteiger partial charge in [0.05, 0.1) is 23.9 Å². The second-order valence-electron chi connectivity index (χ2n) is 7.67. The molecule has 0 aliphatic carbocycles. The van der Waals surface area contributed by atoms with Crippen LogP contribution < -0.4 is 9.47 Å². The molecule has 4 nitrogen and oxygen atoms in total. The van der Waals surface area contributed by atoms with Crippen molar-refractivity contribution in [3.8, 4) is 22.8 Å². The summed E-state index contributed by atoms with van der Waals surface area (Å²) >= 11 is 0. The lowest BCUT2D eigenvalue weighted by molar-refractivity contribution is 0.0739. The van der Waals surface area contributed by atoms with Crippen LogP contribution >= 0.6 is 0 Å². The number of fused-ring (bicyclic) bond motifs is 2. The molecule has 1 aromatic heterocycles. The van der Waals surface area contributed by atoms with Crippen molar-refractivity contribution in [3.05, 3.63) is 102 Å². The van der Waals surface area contributed by atoms with E-state index < -0.39 is 5.97 Å². The molecule has 156 valence electrons. The molecule has 0 radical (unpaired) electrons. The van der Waals surface area contributed by atoms with E-state index in [0.717, 1.165) is 38.6 Å². The van der Waals surface area contributed by atoms with Crippen molar-refractivity contribution in [2.24, 2.45) is 0 Å². The number of rotatable bonds is 4. The third-order valence-electron chi connectivity index (χ3n) is 5.52. The van der Waals surface area contributed by atoms with Crippen LogP contribution in [0.15, 0.2) is 91.0 Å². The largest absolute Gasteiger partial charge is 0.497 e. The van der Waals surface area contributed by atoms with Crippen LogP contribution in [0.25, 0.3) is 32.9 Å². The molecule has 0 aliphatic heterocycles. The van der Waals surface area contributed by atoms with Gasteiger partial charge >= 0.3 is 5.97 Å². The average Bonchev–Trinajstić information content (AvgIpc) is 2.83. The number of aryl methyl sites for hydroxylation is 1. The molecule has 0 N–H and O–H groups in total. The summed E-state index contributed by atoms with van der Waals surface area (Å²) in [5.41, 5.74) is 3.88. The van der Waals surface area contributed by atoms with Gasteiger partial charge in [-0.1, -0.05) is 48.0 Å². The maximum atomic E-state index is 13.4. The summed E-state index contributed by atoms with van der Waals surface area (Å²) < 4.78 is 11.2. The van der Waals surface area contributed by atoms with E-state index in [1.165, 1.54) is 0 Å². The van der Waals surface area contributed by atoms with E-state index in [2.05, 4.69) is 0 Å². The van der Waals surface area contributed by atoms with Crippen molar-refractivity contribution in [1.82, 2.24) is 4.98 Å². The summed E-state index contributed by atoms with van der Waals surface area (Å²) in [4.78, 5) is 18.2. The number of esters is 1. The maximum Gasteiger partial charge on any atom is 0.344 e. The number of carbonyl (C=O) groups is 1. The van der Waals surface area contributed by atoms with Gasteiger partial charge in [0.1, 0.15) is 11.5 Å². The second-order valence-corrected chi connectivity index (χ2v) is 7.67. The van der Waals surface area contributed by atoms with Gasteiger partial charge in [0, 0.05) is 16.3 Å². The molecule has 0 aliphatic rings. The first-order valence-electron chi connectivity index (χ1n) is 10.4. The SMILES string of the molecule is COc1ccc(-c2cc(C(=O)Oc3cccc4ccccc34)c3cc(C)ccc3n2)cc1. The first-order valence-corrected chi connectivity index (χ1v) is 10.4. The van der Waals surface area contributed by atoms with E-state index in [0.29, 0.717) is 17.0 Å². The van der Waals surface area contributed by atoms with E-state index >= 15 is 0 Å². The zero-order valence-electron chi connectivity index (χ0n) is 17.8. The van der Waals surface area contributed by atoms with Crippen LogP contribution in [0.4, 0.5) is 0 Å². The van der Waals surface area contributed by atoms with E-state index in [-0.39, 0.29) is 0 Å². The van der Waals surface area contributed by atoms with E-state index in [1.807, 2.05) is 91.9 Å². The fraction of sp³-hybridized carbons (Fsp3) is 0.0714. The van der Waals surface area contributed by atoms with E-state index in [9.17, 15) is 4.79 Å². The van der Waals surface area contributed by atoms with Crippen molar-refractivity contribution < 1.29 is 14.3 Å². The predicted molar refractivity (Wildman–Crippen MR) is 127 cm³/mol. The van der Waals surface area contributed by atoms with E-state index in [4.69, 9.17) is 14.5 Å². The molecule has 0 unspecified atom stereocenters. The maximum absolute atomic E-state index is 13.4. The predicted octanol–water partition coefficient (Wildman–Crippen LogP) is 6.59. The number of benzene rings is 4. The van der Waals surface area contributed by atoms with Crippen molar-refractivity contribution in [2.75, 3.05) is 7.11 Å². The number of ether oxygens (including phenoxy) is 2. The Labute approximate surface area is 186 Å². The fourth-order valence-electron chi connectivity index (χ4n) is 3.86. The highest BCUT2D eigenvalue weighted by Gasteiger charge is 2.17. The summed E-state index contributed by atoms with van der Waals surface area (Å²) in [5, 5.41) is 2.69. The quantitative estimate of drug-likeness (QED) is 0.243. The lowest BCUT2D eigenvalue weighted by atomic mass is 10.0. The minimum Gasteiger partial charge on any atom is -0.497 e. The molecular formula is C28H21NO3. The fourth-order valence-corrected chi connectivity index (χ4v) is 3.86. The van der Waals surface area contributed by atoms with Crippen LogP contribution in [-0.2, 0) is 0 Å². The van der Waals surface area contributed by atoms with Gasteiger partial charge in [-0.2, -0.15) is 0 Å². The van der Waals surface area contributed by atoms with Crippen LogP contribution in [0, 0.1) is 6.92 Å². The monoisotopic (exact) mass is 419 g/mol. The normalized spacial score (nSPS) is 10.9. The summed E-state index contributed by atoms with van der Waals surface area (Å²) in [6.45, 7) is 2.00. The molecule has 0 amide bonds. The highest BCUT2D eigenvalue weighted by atomic mass is 16.5. The molecule has 1 heterocycles. The van der Waals surface area contributed by atoms with E-state index in [1.54, 1.807) is 13.2 Å². The highest BCUT2D eigenvalue weighted by Crippen LogP contribution is 2.30. The number of nitrogens with zero attached hydrogens (tertiary/aromatic N) is 1. The number of pyridine rings is 1. The molecular weight excluding hydrogens is 398 g/mol. The van der Waals surface area contributed by atoms with Crippen LogP contribution in [0.1, 0.15) is 15.9 Å². The van der Waals surface area contributed by atoms with Gasteiger partial charge in [-0.3, -0.25) is 0 Å². The van der Waals surface area contributed by atoms with Crippen molar-refractivity contribution >= 4 is 27.6 Å². The van der Waals surface area contributed by atoms with Gasteiger partial charge in [0.25, 0.3) is 0 Å². The average molecular weight is 419 g/mol. The standard InChI is InChI=1S/C28H21NO3/c1-18-10-15-25-23(16-18)24(17-26(29-25)20-11-13-21(31-2)14-12-20)28(30)32-27-9-5-7-19-6-3-4-8-22(19)27/h3-17H,1-2H3. The lowest BCUT2D eigenvalue weighted by Gasteiger charge is -2.12. The van der Waals surface area contributed by atoms with Gasteiger partial charge < -0.3 is 9.47 Å². The van der Waals surface area contributed by atoms with Crippen molar-refractivity contribution in [1.29, 1.82) is 0 Å². The lowest BCUT2D eigenvalue weighted by Crippen LogP contribution is -2.10. The third-order valence-corrected chi connectivity index (χ3v) is 5.52. The van der Waals surface area contributed by atoms with Crippen LogP contribution in [0.2, 0.25) is 0 Å². The summed E-state index contributed by atoms with van der Waals surface area (Å²) in [7, 11) is 1.63. The topological polar surface area (TPSA) is 48.4 Å². The first kappa shape index (κ1) is 19.8. The molecule has 0 spiro atoms. The Bertz CT molecular complexity index is 1450. The van der Waals surface area contributed by atoms with Gasteiger partial charge in [-0.05, 0) is 60.8 Å². The summed E-state index contributed by atoms with van der Waals surface area (Å²) in [5.74, 6) is 0.895. The number of hydrogen-bond donors (Lipinski definition) is 0. The number of carbonyl (C=O) groups excluding carboxylic acids is 1. The molecule has 0 bridgehead atoms. The molecule has 4 aromatic carbocycles.